The molecule has 0 unspecified atom stereocenters. The number of benzene rings is 1. The second-order valence-corrected chi connectivity index (χ2v) is 3.28. The van der Waals surface area contributed by atoms with Crippen LogP contribution in [0.2, 0.25) is 0 Å². The van der Waals surface area contributed by atoms with Crippen LogP contribution in [0.3, 0.4) is 0 Å². The lowest BCUT2D eigenvalue weighted by Crippen LogP contribution is -2.12. The normalized spacial score (nSPS) is 10.7. The summed E-state index contributed by atoms with van der Waals surface area (Å²) in [6, 6.07) is 7.54. The summed E-state index contributed by atoms with van der Waals surface area (Å²) in [4.78, 5) is 11.2. The molecular weight excluding hydrogens is 178 g/mol. The summed E-state index contributed by atoms with van der Waals surface area (Å²) in [5.41, 5.74) is 7.09. The van der Waals surface area contributed by atoms with Gasteiger partial charge < -0.3 is 10.2 Å². The zero-order valence-electron chi connectivity index (χ0n) is 7.91. The number of rotatable bonds is 2. The Bertz CT molecular complexity index is 485. The number of hydrogen-bond donors (Lipinski definition) is 1. The minimum atomic E-state index is -0.168. The highest BCUT2D eigenvalue weighted by molar-refractivity contribution is 5.98. The van der Waals surface area contributed by atoms with Crippen LogP contribution in [0.1, 0.15) is 16.1 Å². The SMILES string of the molecule is Cc1ccc2cc(C(=O)CN)oc2c1. The Morgan fingerprint density at radius 3 is 2.93 bits per heavy atom. The second kappa shape index (κ2) is 3.27. The lowest BCUT2D eigenvalue weighted by Gasteiger charge is -1.90. The first-order valence-electron chi connectivity index (χ1n) is 4.44. The maximum absolute atomic E-state index is 11.2. The molecule has 0 amide bonds. The molecule has 2 N–H and O–H groups in total. The summed E-state index contributed by atoms with van der Waals surface area (Å²) in [5, 5.41) is 0.937. The smallest absolute Gasteiger partial charge is 0.211 e. The van der Waals surface area contributed by atoms with Gasteiger partial charge >= 0.3 is 0 Å². The third-order valence-electron chi connectivity index (χ3n) is 2.14. The van der Waals surface area contributed by atoms with Crippen molar-refractivity contribution in [3.05, 3.63) is 35.6 Å². The molecule has 0 aliphatic rings. The minimum Gasteiger partial charge on any atom is -0.453 e. The first-order chi connectivity index (χ1) is 6.70. The van der Waals surface area contributed by atoms with Crippen molar-refractivity contribution in [1.29, 1.82) is 0 Å². The van der Waals surface area contributed by atoms with Crippen LogP contribution in [0.15, 0.2) is 28.7 Å². The highest BCUT2D eigenvalue weighted by atomic mass is 16.3. The summed E-state index contributed by atoms with van der Waals surface area (Å²) in [5.74, 6) is 0.173. The van der Waals surface area contributed by atoms with E-state index in [2.05, 4.69) is 0 Å². The Morgan fingerprint density at radius 1 is 1.43 bits per heavy atom. The Morgan fingerprint density at radius 2 is 2.21 bits per heavy atom. The van der Waals surface area contributed by atoms with Gasteiger partial charge in [-0.15, -0.1) is 0 Å². The third-order valence-corrected chi connectivity index (χ3v) is 2.14. The molecule has 0 aliphatic carbocycles. The quantitative estimate of drug-likeness (QED) is 0.734. The number of carbonyl (C=O) groups excluding carboxylic acids is 1. The van der Waals surface area contributed by atoms with Crippen LogP contribution >= 0.6 is 0 Å². The molecule has 1 aromatic heterocycles. The fraction of sp³-hybridized carbons (Fsp3) is 0.182. The predicted octanol–water partition coefficient (Wildman–Crippen LogP) is 1.88. The molecule has 1 aromatic carbocycles. The molecule has 0 saturated carbocycles. The van der Waals surface area contributed by atoms with Gasteiger partial charge in [-0.2, -0.15) is 0 Å². The van der Waals surface area contributed by atoms with E-state index in [1.54, 1.807) is 6.07 Å². The number of fused-ring (bicyclic) bond motifs is 1. The maximum Gasteiger partial charge on any atom is 0.211 e. The standard InChI is InChI=1S/C11H11NO2/c1-7-2-3-8-5-11(9(13)6-12)14-10(8)4-7/h2-5H,6,12H2,1H3. The summed E-state index contributed by atoms with van der Waals surface area (Å²) >= 11 is 0. The van der Waals surface area contributed by atoms with Crippen molar-refractivity contribution in [1.82, 2.24) is 0 Å². The van der Waals surface area contributed by atoms with E-state index in [1.807, 2.05) is 25.1 Å². The van der Waals surface area contributed by atoms with Crippen LogP contribution in [-0.4, -0.2) is 12.3 Å². The number of Topliss-reactive ketones (excluding diaryl/α,β-unsaturated/α-hetero) is 1. The van der Waals surface area contributed by atoms with Crippen LogP contribution in [0.4, 0.5) is 0 Å². The van der Waals surface area contributed by atoms with E-state index in [0.717, 1.165) is 16.5 Å². The zero-order chi connectivity index (χ0) is 10.1. The van der Waals surface area contributed by atoms with Gasteiger partial charge in [-0.1, -0.05) is 12.1 Å². The first-order valence-corrected chi connectivity index (χ1v) is 4.44. The molecule has 0 radical (unpaired) electrons. The van der Waals surface area contributed by atoms with Gasteiger partial charge in [0.1, 0.15) is 5.58 Å². The third kappa shape index (κ3) is 1.42. The van der Waals surface area contributed by atoms with E-state index in [-0.39, 0.29) is 12.3 Å². The van der Waals surface area contributed by atoms with Crippen LogP contribution in [0.5, 0.6) is 0 Å². The van der Waals surface area contributed by atoms with E-state index < -0.39 is 0 Å². The van der Waals surface area contributed by atoms with Crippen molar-refractivity contribution < 1.29 is 9.21 Å². The van der Waals surface area contributed by atoms with Crippen LogP contribution < -0.4 is 5.73 Å². The van der Waals surface area contributed by atoms with E-state index in [1.165, 1.54) is 0 Å². The van der Waals surface area contributed by atoms with Gasteiger partial charge in [-0.05, 0) is 24.6 Å². The zero-order valence-corrected chi connectivity index (χ0v) is 7.91. The molecule has 14 heavy (non-hydrogen) atoms. The Hall–Kier alpha value is -1.61. The number of hydrogen-bond acceptors (Lipinski definition) is 3. The van der Waals surface area contributed by atoms with Crippen molar-refractivity contribution in [2.45, 2.75) is 6.92 Å². The first kappa shape index (κ1) is 8.97. The molecule has 1 heterocycles. The minimum absolute atomic E-state index is 0.0151. The number of ketones is 1. The lowest BCUT2D eigenvalue weighted by molar-refractivity contribution is 0.0977. The number of nitrogens with two attached hydrogens (primary N) is 1. The van der Waals surface area contributed by atoms with Gasteiger partial charge in [-0.3, -0.25) is 4.79 Å². The van der Waals surface area contributed by atoms with E-state index in [4.69, 9.17) is 10.2 Å². The van der Waals surface area contributed by atoms with Gasteiger partial charge in [0, 0.05) is 5.39 Å². The molecule has 0 aliphatic heterocycles. The molecule has 0 fully saturated rings. The van der Waals surface area contributed by atoms with Crippen LogP contribution in [-0.2, 0) is 0 Å². The van der Waals surface area contributed by atoms with Gasteiger partial charge in [0.05, 0.1) is 6.54 Å². The topological polar surface area (TPSA) is 56.2 Å². The second-order valence-electron chi connectivity index (χ2n) is 3.28. The average Bonchev–Trinajstić information content (AvgIpc) is 2.59. The van der Waals surface area contributed by atoms with Gasteiger partial charge in [0.2, 0.25) is 5.78 Å². The highest BCUT2D eigenvalue weighted by Crippen LogP contribution is 2.20. The predicted molar refractivity (Wildman–Crippen MR) is 54.3 cm³/mol. The summed E-state index contributed by atoms with van der Waals surface area (Å²) in [6.45, 7) is 1.96. The Balaban J connectivity index is 2.56. The molecule has 0 saturated heterocycles. The van der Waals surface area contributed by atoms with Crippen molar-refractivity contribution in [3.8, 4) is 0 Å². The molecule has 0 atom stereocenters. The maximum atomic E-state index is 11.2. The number of furan rings is 1. The van der Waals surface area contributed by atoms with Crippen molar-refractivity contribution in [3.63, 3.8) is 0 Å². The van der Waals surface area contributed by atoms with Crippen LogP contribution in [0.25, 0.3) is 11.0 Å². The van der Waals surface area contributed by atoms with Gasteiger partial charge in [-0.25, -0.2) is 0 Å². The lowest BCUT2D eigenvalue weighted by atomic mass is 10.2. The highest BCUT2D eigenvalue weighted by Gasteiger charge is 2.09. The van der Waals surface area contributed by atoms with Crippen molar-refractivity contribution in [2.75, 3.05) is 6.54 Å². The summed E-state index contributed by atoms with van der Waals surface area (Å²) in [7, 11) is 0. The van der Waals surface area contributed by atoms with E-state index >= 15 is 0 Å². The van der Waals surface area contributed by atoms with E-state index in [9.17, 15) is 4.79 Å². The molecular formula is C11H11NO2. The fourth-order valence-corrected chi connectivity index (χ4v) is 1.38. The molecule has 3 heteroatoms. The Kier molecular flexibility index (Phi) is 2.09. The number of aryl methyl sites for hydroxylation is 1. The molecule has 72 valence electrons. The van der Waals surface area contributed by atoms with Crippen molar-refractivity contribution in [2.24, 2.45) is 5.73 Å². The molecule has 0 bridgehead atoms. The number of carbonyl (C=O) groups is 1. The summed E-state index contributed by atoms with van der Waals surface area (Å²) < 4.78 is 5.37. The molecule has 0 spiro atoms. The summed E-state index contributed by atoms with van der Waals surface area (Å²) in [6.07, 6.45) is 0. The molecule has 3 nitrogen and oxygen atoms in total. The Labute approximate surface area is 81.5 Å². The fourth-order valence-electron chi connectivity index (χ4n) is 1.38. The molecule has 2 aromatic rings. The van der Waals surface area contributed by atoms with Crippen molar-refractivity contribution >= 4 is 16.8 Å². The van der Waals surface area contributed by atoms with E-state index in [0.29, 0.717) is 5.76 Å². The van der Waals surface area contributed by atoms with Gasteiger partial charge in [0.25, 0.3) is 0 Å². The molecule has 2 rings (SSSR count). The van der Waals surface area contributed by atoms with Crippen LogP contribution in [0, 0.1) is 6.92 Å². The monoisotopic (exact) mass is 189 g/mol. The largest absolute Gasteiger partial charge is 0.453 e. The average molecular weight is 189 g/mol. The van der Waals surface area contributed by atoms with Gasteiger partial charge in [0.15, 0.2) is 5.76 Å².